The number of nitrogens with one attached hydrogen (secondary N) is 3. The van der Waals surface area contributed by atoms with Crippen molar-refractivity contribution < 1.29 is 23.6 Å². The van der Waals surface area contributed by atoms with Gasteiger partial charge in [0, 0.05) is 63.4 Å². The van der Waals surface area contributed by atoms with Crippen LogP contribution >= 0.6 is 0 Å². The lowest BCUT2D eigenvalue weighted by atomic mass is 9.77. The van der Waals surface area contributed by atoms with Crippen molar-refractivity contribution in [3.05, 3.63) is 65.5 Å². The number of halogens is 1. The van der Waals surface area contributed by atoms with Crippen LogP contribution in [0, 0.1) is 17.7 Å². The normalized spacial score (nSPS) is 17.9. The summed E-state index contributed by atoms with van der Waals surface area (Å²) in [5.74, 6) is -3.09. The van der Waals surface area contributed by atoms with E-state index >= 15 is 4.39 Å². The summed E-state index contributed by atoms with van der Waals surface area (Å²) >= 11 is 0. The van der Waals surface area contributed by atoms with Crippen molar-refractivity contribution in [3.63, 3.8) is 0 Å². The molecule has 1 saturated heterocycles. The number of likely N-dealkylation sites (N-methyl/N-ethyl adjacent to an activating group) is 1. The number of H-pyrrole nitrogens is 1. The third-order valence-corrected chi connectivity index (χ3v) is 9.67. The highest BCUT2D eigenvalue weighted by atomic mass is 19.1. The number of anilines is 1. The van der Waals surface area contributed by atoms with Crippen molar-refractivity contribution in [1.29, 1.82) is 0 Å². The molecular weight excluding hydrogens is 603 g/mol. The van der Waals surface area contributed by atoms with Gasteiger partial charge in [-0.25, -0.2) is 4.39 Å². The molecule has 0 spiro atoms. The van der Waals surface area contributed by atoms with Crippen LogP contribution in [0.1, 0.15) is 84.7 Å². The van der Waals surface area contributed by atoms with Crippen LogP contribution in [-0.4, -0.2) is 92.6 Å². The molecule has 1 saturated carbocycles. The van der Waals surface area contributed by atoms with Gasteiger partial charge in [0.1, 0.15) is 17.6 Å². The Labute approximate surface area is 274 Å². The molecule has 5 rings (SSSR count). The van der Waals surface area contributed by atoms with E-state index in [1.807, 2.05) is 14.0 Å². The molecule has 3 amide bonds. The van der Waals surface area contributed by atoms with Crippen LogP contribution in [0.2, 0.25) is 0 Å². The van der Waals surface area contributed by atoms with E-state index in [1.54, 1.807) is 34.8 Å². The molecule has 1 aromatic carbocycles. The summed E-state index contributed by atoms with van der Waals surface area (Å²) in [5.41, 5.74) is 1.24. The third-order valence-electron chi connectivity index (χ3n) is 9.67. The highest BCUT2D eigenvalue weighted by Crippen LogP contribution is 2.34. The second kappa shape index (κ2) is 15.5. The van der Waals surface area contributed by atoms with Gasteiger partial charge in [-0.3, -0.25) is 29.0 Å². The Hall–Kier alpha value is -4.39. The number of piperazine rings is 1. The van der Waals surface area contributed by atoms with Crippen molar-refractivity contribution in [2.45, 2.75) is 70.9 Å². The van der Waals surface area contributed by atoms with Crippen LogP contribution < -0.4 is 10.6 Å². The Morgan fingerprint density at radius 3 is 2.47 bits per heavy atom. The topological polar surface area (TPSA) is 145 Å². The number of amides is 3. The SMILES string of the molecule is CCn1nccc1C(=O)C[C@H](C(=O)Nc1ccc([C@H](C)[C@@H](NC(=O)c2cn[nH]c2)C(=O)N2CCN(C)CC2)cc1F)C1CCCCC1. The highest BCUT2D eigenvalue weighted by molar-refractivity contribution is 6.00. The summed E-state index contributed by atoms with van der Waals surface area (Å²) in [6.45, 7) is 6.67. The van der Waals surface area contributed by atoms with Gasteiger partial charge in [0.05, 0.1) is 17.4 Å². The van der Waals surface area contributed by atoms with E-state index in [1.165, 1.54) is 24.5 Å². The van der Waals surface area contributed by atoms with Gasteiger partial charge in [-0.2, -0.15) is 10.2 Å². The number of aromatic amines is 1. The number of hydrogen-bond donors (Lipinski definition) is 3. The van der Waals surface area contributed by atoms with Gasteiger partial charge in [0.25, 0.3) is 5.91 Å². The van der Waals surface area contributed by atoms with Crippen molar-refractivity contribution >= 4 is 29.2 Å². The minimum absolute atomic E-state index is 0.00202. The molecule has 13 heteroatoms. The van der Waals surface area contributed by atoms with E-state index in [0.717, 1.165) is 32.1 Å². The first-order valence-electron chi connectivity index (χ1n) is 16.6. The standard InChI is InChI=1S/C34H45FN8O4/c1-4-43-29(12-13-38-43)30(44)19-26(23-8-6-5-7-9-23)33(46)39-28-11-10-24(18-27(28)35)22(2)31(40-32(45)25-20-36-37-21-25)34(47)42-16-14-41(3)15-17-42/h10-13,18,20-23,26,31H,4-9,14-17,19H2,1-3H3,(H,36,37)(H,39,46)(H,40,45)/t22-,26-,31+/m0/s1. The third kappa shape index (κ3) is 8.13. The van der Waals surface area contributed by atoms with Gasteiger partial charge in [0.15, 0.2) is 5.78 Å². The van der Waals surface area contributed by atoms with Crippen LogP contribution in [0.15, 0.2) is 42.9 Å². The van der Waals surface area contributed by atoms with E-state index in [-0.39, 0.29) is 41.2 Å². The smallest absolute Gasteiger partial charge is 0.255 e. The maximum Gasteiger partial charge on any atom is 0.255 e. The lowest BCUT2D eigenvalue weighted by molar-refractivity contribution is -0.135. The molecule has 47 heavy (non-hydrogen) atoms. The van der Waals surface area contributed by atoms with E-state index in [2.05, 4.69) is 30.8 Å². The van der Waals surface area contributed by atoms with Gasteiger partial charge < -0.3 is 20.4 Å². The minimum atomic E-state index is -0.959. The summed E-state index contributed by atoms with van der Waals surface area (Å²) < 4.78 is 17.3. The molecule has 0 bridgehead atoms. The molecule has 2 aromatic heterocycles. The Balaban J connectivity index is 1.33. The zero-order chi connectivity index (χ0) is 33.5. The fraction of sp³-hybridized carbons (Fsp3) is 0.529. The first-order valence-corrected chi connectivity index (χ1v) is 16.6. The van der Waals surface area contributed by atoms with Gasteiger partial charge in [-0.15, -0.1) is 0 Å². The first-order chi connectivity index (χ1) is 22.7. The summed E-state index contributed by atoms with van der Waals surface area (Å²) in [4.78, 5) is 57.6. The fourth-order valence-corrected chi connectivity index (χ4v) is 6.69. The number of nitrogens with zero attached hydrogens (tertiary/aromatic N) is 5. The van der Waals surface area contributed by atoms with Gasteiger partial charge in [0.2, 0.25) is 11.8 Å². The van der Waals surface area contributed by atoms with Crippen LogP contribution in [0.5, 0.6) is 0 Å². The number of aryl methyl sites for hydroxylation is 1. The molecule has 3 heterocycles. The first kappa shape index (κ1) is 34.0. The monoisotopic (exact) mass is 648 g/mol. The van der Waals surface area contributed by atoms with Crippen molar-refractivity contribution in [3.8, 4) is 0 Å². The lowest BCUT2D eigenvalue weighted by Crippen LogP contribution is -2.55. The number of benzene rings is 1. The van der Waals surface area contributed by atoms with E-state index < -0.39 is 29.6 Å². The molecule has 2 aliphatic rings. The number of Topliss-reactive ketones (excluding diaryl/α,β-unsaturated/α-hetero) is 1. The number of carbonyl (C=O) groups excluding carboxylic acids is 4. The number of hydrogen-bond acceptors (Lipinski definition) is 7. The Bertz CT molecular complexity index is 1540. The van der Waals surface area contributed by atoms with Crippen molar-refractivity contribution in [2.75, 3.05) is 38.5 Å². The summed E-state index contributed by atoms with van der Waals surface area (Å²) in [6, 6.07) is 5.16. The molecule has 12 nitrogen and oxygen atoms in total. The number of carbonyl (C=O) groups is 4. The molecule has 1 aliphatic heterocycles. The second-order valence-corrected chi connectivity index (χ2v) is 12.7. The average Bonchev–Trinajstić information content (AvgIpc) is 3.80. The van der Waals surface area contributed by atoms with Crippen LogP contribution in [-0.2, 0) is 16.1 Å². The Morgan fingerprint density at radius 1 is 1.06 bits per heavy atom. The second-order valence-electron chi connectivity index (χ2n) is 12.7. The zero-order valence-corrected chi connectivity index (χ0v) is 27.4. The van der Waals surface area contributed by atoms with Crippen molar-refractivity contribution in [1.82, 2.24) is 35.1 Å². The lowest BCUT2D eigenvalue weighted by Gasteiger charge is -2.36. The molecule has 3 aromatic rings. The summed E-state index contributed by atoms with van der Waals surface area (Å²) in [5, 5.41) is 16.2. The van der Waals surface area contributed by atoms with E-state index in [0.29, 0.717) is 44.0 Å². The fourth-order valence-electron chi connectivity index (χ4n) is 6.69. The average molecular weight is 649 g/mol. The molecule has 3 atom stereocenters. The predicted molar refractivity (Wildman–Crippen MR) is 174 cm³/mol. The minimum Gasteiger partial charge on any atom is -0.340 e. The van der Waals surface area contributed by atoms with Crippen LogP contribution in [0.4, 0.5) is 10.1 Å². The quantitative estimate of drug-likeness (QED) is 0.253. The number of aromatic nitrogens is 4. The maximum atomic E-state index is 15.7. The largest absolute Gasteiger partial charge is 0.340 e. The van der Waals surface area contributed by atoms with E-state index in [4.69, 9.17) is 0 Å². The van der Waals surface area contributed by atoms with Crippen molar-refractivity contribution in [2.24, 2.45) is 11.8 Å². The highest BCUT2D eigenvalue weighted by Gasteiger charge is 2.35. The van der Waals surface area contributed by atoms with Gasteiger partial charge in [-0.05, 0) is 56.5 Å². The van der Waals surface area contributed by atoms with E-state index in [9.17, 15) is 19.2 Å². The van der Waals surface area contributed by atoms with Gasteiger partial charge >= 0.3 is 0 Å². The van der Waals surface area contributed by atoms with Crippen LogP contribution in [0.3, 0.4) is 0 Å². The molecule has 0 unspecified atom stereocenters. The summed E-state index contributed by atoms with van der Waals surface area (Å²) in [7, 11) is 1.99. The zero-order valence-electron chi connectivity index (χ0n) is 27.4. The predicted octanol–water partition coefficient (Wildman–Crippen LogP) is 3.85. The number of ketones is 1. The maximum absolute atomic E-state index is 15.7. The molecule has 1 aliphatic carbocycles. The molecule has 3 N–H and O–H groups in total. The Morgan fingerprint density at radius 2 is 1.81 bits per heavy atom. The molecule has 2 fully saturated rings. The Kier molecular flexibility index (Phi) is 11.2. The molecular formula is C34H45FN8O4. The molecule has 0 radical (unpaired) electrons. The molecule has 252 valence electrons. The summed E-state index contributed by atoms with van der Waals surface area (Å²) in [6.07, 6.45) is 9.17. The van der Waals surface area contributed by atoms with Gasteiger partial charge in [-0.1, -0.05) is 32.3 Å². The number of rotatable bonds is 12. The van der Waals surface area contributed by atoms with Crippen LogP contribution in [0.25, 0.3) is 0 Å².